The predicted molar refractivity (Wildman–Crippen MR) is 102 cm³/mol. The summed E-state index contributed by atoms with van der Waals surface area (Å²) in [6, 6.07) is 8.11. The SMILES string of the molecule is CN1CCc2nc3sc(C(=O)NCc4ccc(F)cc4)c(N)c3cc2C1. The van der Waals surface area contributed by atoms with E-state index >= 15 is 0 Å². The minimum absolute atomic E-state index is 0.232. The molecule has 0 bridgehead atoms. The quantitative estimate of drug-likeness (QED) is 0.744. The van der Waals surface area contributed by atoms with Crippen LogP contribution < -0.4 is 11.1 Å². The van der Waals surface area contributed by atoms with Gasteiger partial charge < -0.3 is 16.0 Å². The highest BCUT2D eigenvalue weighted by molar-refractivity contribution is 7.21. The van der Waals surface area contributed by atoms with E-state index in [0.29, 0.717) is 17.1 Å². The van der Waals surface area contributed by atoms with E-state index in [9.17, 15) is 9.18 Å². The lowest BCUT2D eigenvalue weighted by molar-refractivity contribution is 0.0956. The van der Waals surface area contributed by atoms with Crippen LogP contribution in [0.15, 0.2) is 30.3 Å². The first-order chi connectivity index (χ1) is 12.5. The number of aromatic nitrogens is 1. The maximum Gasteiger partial charge on any atom is 0.263 e. The van der Waals surface area contributed by atoms with Gasteiger partial charge in [-0.2, -0.15) is 0 Å². The average Bonchev–Trinajstić information content (AvgIpc) is 2.95. The normalized spacial score (nSPS) is 14.4. The fourth-order valence-electron chi connectivity index (χ4n) is 3.17. The summed E-state index contributed by atoms with van der Waals surface area (Å²) in [6.07, 6.45) is 0.908. The van der Waals surface area contributed by atoms with Gasteiger partial charge in [0.2, 0.25) is 0 Å². The molecule has 3 N–H and O–H groups in total. The molecule has 0 aliphatic carbocycles. The van der Waals surface area contributed by atoms with Crippen LogP contribution in [0.3, 0.4) is 0 Å². The minimum atomic E-state index is -0.297. The first-order valence-corrected chi connectivity index (χ1v) is 9.25. The fourth-order valence-corrected chi connectivity index (χ4v) is 4.18. The van der Waals surface area contributed by atoms with Crippen molar-refractivity contribution in [1.29, 1.82) is 0 Å². The number of likely N-dealkylation sites (N-methyl/N-ethyl adjacent to an activating group) is 1. The molecule has 4 rings (SSSR count). The number of pyridine rings is 1. The molecule has 0 fully saturated rings. The number of nitrogens with two attached hydrogens (primary N) is 1. The maximum absolute atomic E-state index is 13.0. The van der Waals surface area contributed by atoms with Crippen molar-refractivity contribution in [3.63, 3.8) is 0 Å². The van der Waals surface area contributed by atoms with Crippen LogP contribution in [0, 0.1) is 5.82 Å². The van der Waals surface area contributed by atoms with E-state index in [2.05, 4.69) is 23.3 Å². The third kappa shape index (κ3) is 3.15. The van der Waals surface area contributed by atoms with Gasteiger partial charge in [0.05, 0.1) is 5.69 Å². The third-order valence-electron chi connectivity index (χ3n) is 4.63. The number of anilines is 1. The Morgan fingerprint density at radius 2 is 2.15 bits per heavy atom. The molecular weight excluding hydrogens is 351 g/mol. The Morgan fingerprint density at radius 1 is 1.38 bits per heavy atom. The van der Waals surface area contributed by atoms with Crippen LogP contribution >= 0.6 is 11.3 Å². The van der Waals surface area contributed by atoms with Crippen molar-refractivity contribution in [1.82, 2.24) is 15.2 Å². The second kappa shape index (κ2) is 6.66. The lowest BCUT2D eigenvalue weighted by atomic mass is 10.0. The smallest absolute Gasteiger partial charge is 0.263 e. The highest BCUT2D eigenvalue weighted by Gasteiger charge is 2.21. The van der Waals surface area contributed by atoms with Gasteiger partial charge in [-0.05, 0) is 36.4 Å². The van der Waals surface area contributed by atoms with Gasteiger partial charge in [-0.3, -0.25) is 4.79 Å². The van der Waals surface area contributed by atoms with Crippen molar-refractivity contribution in [2.75, 3.05) is 19.3 Å². The van der Waals surface area contributed by atoms with Crippen LogP contribution in [0.5, 0.6) is 0 Å². The Bertz CT molecular complexity index is 983. The largest absolute Gasteiger partial charge is 0.397 e. The van der Waals surface area contributed by atoms with Crippen LogP contribution in [0.25, 0.3) is 10.2 Å². The molecule has 134 valence electrons. The maximum atomic E-state index is 13.0. The number of fused-ring (bicyclic) bond motifs is 2. The summed E-state index contributed by atoms with van der Waals surface area (Å²) in [5.74, 6) is -0.528. The molecule has 1 aliphatic heterocycles. The second-order valence-corrected chi connectivity index (χ2v) is 7.59. The summed E-state index contributed by atoms with van der Waals surface area (Å²) in [7, 11) is 2.08. The average molecular weight is 370 g/mol. The van der Waals surface area contributed by atoms with Crippen molar-refractivity contribution in [2.24, 2.45) is 0 Å². The summed E-state index contributed by atoms with van der Waals surface area (Å²) < 4.78 is 13.0. The zero-order valence-electron chi connectivity index (χ0n) is 14.4. The van der Waals surface area contributed by atoms with E-state index in [-0.39, 0.29) is 11.7 Å². The number of carbonyl (C=O) groups is 1. The first kappa shape index (κ1) is 16.9. The Hall–Kier alpha value is -2.51. The zero-order valence-corrected chi connectivity index (χ0v) is 15.2. The number of amides is 1. The lowest BCUT2D eigenvalue weighted by Crippen LogP contribution is -2.27. The molecule has 0 atom stereocenters. The topological polar surface area (TPSA) is 71.2 Å². The molecule has 2 aromatic heterocycles. The van der Waals surface area contributed by atoms with Gasteiger partial charge in [0, 0.05) is 37.1 Å². The Kier molecular flexibility index (Phi) is 4.34. The van der Waals surface area contributed by atoms with Crippen molar-refractivity contribution in [2.45, 2.75) is 19.5 Å². The highest BCUT2D eigenvalue weighted by atomic mass is 32.1. The van der Waals surface area contributed by atoms with E-state index < -0.39 is 0 Å². The first-order valence-electron chi connectivity index (χ1n) is 8.43. The van der Waals surface area contributed by atoms with E-state index in [1.54, 1.807) is 12.1 Å². The van der Waals surface area contributed by atoms with Crippen molar-refractivity contribution in [3.05, 3.63) is 57.8 Å². The van der Waals surface area contributed by atoms with Crippen molar-refractivity contribution >= 4 is 33.1 Å². The van der Waals surface area contributed by atoms with Gasteiger partial charge >= 0.3 is 0 Å². The zero-order chi connectivity index (χ0) is 18.3. The molecule has 0 unspecified atom stereocenters. The van der Waals surface area contributed by atoms with Crippen molar-refractivity contribution in [3.8, 4) is 0 Å². The molecule has 0 saturated carbocycles. The van der Waals surface area contributed by atoms with Gasteiger partial charge in [0.25, 0.3) is 5.91 Å². The summed E-state index contributed by atoms with van der Waals surface area (Å²) in [6.45, 7) is 2.15. The molecule has 0 radical (unpaired) electrons. The van der Waals surface area contributed by atoms with Gasteiger partial charge in [-0.15, -0.1) is 11.3 Å². The van der Waals surface area contributed by atoms with Gasteiger partial charge in [0.1, 0.15) is 15.5 Å². The van der Waals surface area contributed by atoms with Crippen LogP contribution in [-0.2, 0) is 19.5 Å². The van der Waals surface area contributed by atoms with Crippen LogP contribution in [0.1, 0.15) is 26.5 Å². The number of nitrogen functional groups attached to an aromatic ring is 1. The van der Waals surface area contributed by atoms with Crippen LogP contribution in [0.2, 0.25) is 0 Å². The fraction of sp³-hybridized carbons (Fsp3) is 0.263. The number of hydrogen-bond donors (Lipinski definition) is 2. The van der Waals surface area contributed by atoms with Crippen LogP contribution in [0.4, 0.5) is 10.1 Å². The predicted octanol–water partition coefficient (Wildman–Crippen LogP) is 2.94. The summed E-state index contributed by atoms with van der Waals surface area (Å²) in [4.78, 5) is 20.8. The van der Waals surface area contributed by atoms with E-state index in [1.807, 2.05) is 0 Å². The number of halogens is 1. The number of benzene rings is 1. The molecule has 1 aromatic carbocycles. The second-order valence-electron chi connectivity index (χ2n) is 6.59. The number of hydrogen-bond acceptors (Lipinski definition) is 5. The summed E-state index contributed by atoms with van der Waals surface area (Å²) in [5.41, 5.74) is 9.82. The minimum Gasteiger partial charge on any atom is -0.397 e. The number of carbonyl (C=O) groups excluding carboxylic acids is 1. The molecule has 5 nitrogen and oxygen atoms in total. The van der Waals surface area contributed by atoms with Gasteiger partial charge in [-0.25, -0.2) is 9.37 Å². The summed E-state index contributed by atoms with van der Waals surface area (Å²) in [5, 5.41) is 3.69. The number of rotatable bonds is 3. The Morgan fingerprint density at radius 3 is 2.92 bits per heavy atom. The monoisotopic (exact) mass is 370 g/mol. The molecule has 1 aliphatic rings. The molecule has 0 spiro atoms. The summed E-state index contributed by atoms with van der Waals surface area (Å²) >= 11 is 1.32. The van der Waals surface area contributed by atoms with E-state index in [4.69, 9.17) is 10.7 Å². The molecule has 1 amide bonds. The van der Waals surface area contributed by atoms with E-state index in [1.165, 1.54) is 29.0 Å². The molecular formula is C19H19FN4OS. The van der Waals surface area contributed by atoms with Crippen LogP contribution in [-0.4, -0.2) is 29.4 Å². The molecule has 7 heteroatoms. The third-order valence-corrected chi connectivity index (χ3v) is 5.75. The Labute approximate surface area is 154 Å². The van der Waals surface area contributed by atoms with E-state index in [0.717, 1.165) is 41.0 Å². The molecule has 3 aromatic rings. The number of nitrogens with zero attached hydrogens (tertiary/aromatic N) is 2. The number of thiophene rings is 1. The molecule has 0 saturated heterocycles. The molecule has 26 heavy (non-hydrogen) atoms. The Balaban J connectivity index is 1.58. The van der Waals surface area contributed by atoms with Gasteiger partial charge in [0.15, 0.2) is 0 Å². The van der Waals surface area contributed by atoms with Gasteiger partial charge in [-0.1, -0.05) is 12.1 Å². The molecule has 3 heterocycles. The standard InChI is InChI=1S/C19H19FN4OS/c1-24-7-6-15-12(10-24)8-14-16(21)17(26-19(14)23-15)18(25)22-9-11-2-4-13(20)5-3-11/h2-5,8H,6-7,9-10,21H2,1H3,(H,22,25). The number of nitrogens with one attached hydrogen (secondary N) is 1. The van der Waals surface area contributed by atoms with Crippen molar-refractivity contribution < 1.29 is 9.18 Å². The lowest BCUT2D eigenvalue weighted by Gasteiger charge is -2.24. The highest BCUT2D eigenvalue weighted by Crippen LogP contribution is 2.34.